The summed E-state index contributed by atoms with van der Waals surface area (Å²) in [6.45, 7) is 4.69. The molecule has 10 nitrogen and oxygen atoms in total. The summed E-state index contributed by atoms with van der Waals surface area (Å²) in [6, 6.07) is 0.931. The Balaban J connectivity index is 0.892. The van der Waals surface area contributed by atoms with Crippen LogP contribution in [0.15, 0.2) is 20.0 Å². The minimum absolute atomic E-state index is 0.0741. The van der Waals surface area contributed by atoms with Gasteiger partial charge in [0.05, 0.1) is 5.71 Å². The molecule has 5 fully saturated rings. The normalized spacial score (nSPS) is 39.3. The second kappa shape index (κ2) is 11.5. The van der Waals surface area contributed by atoms with E-state index in [1.807, 2.05) is 6.21 Å². The molecule has 4 aliphatic heterocycles. The van der Waals surface area contributed by atoms with E-state index in [1.165, 1.54) is 6.42 Å². The van der Waals surface area contributed by atoms with Crippen molar-refractivity contribution in [2.45, 2.75) is 101 Å². The van der Waals surface area contributed by atoms with Crippen LogP contribution in [-0.2, 0) is 4.79 Å². The van der Waals surface area contributed by atoms with Gasteiger partial charge in [-0.1, -0.05) is 6.42 Å². The van der Waals surface area contributed by atoms with Gasteiger partial charge < -0.3 is 15.5 Å². The number of alkyl halides is 1. The summed E-state index contributed by atoms with van der Waals surface area (Å²) in [4.78, 5) is 35.3. The Labute approximate surface area is 236 Å². The number of piperazine rings is 1. The second-order valence-corrected chi connectivity index (χ2v) is 13.0. The minimum Gasteiger partial charge on any atom is -0.352 e. The van der Waals surface area contributed by atoms with E-state index in [-0.39, 0.29) is 18.1 Å². The SMILES string of the molecule is O=C(C1CC1)N1CCN(CC2CC=NC(N=C3NC4CCC(C5=NC=NC(NC6CCC6)C5F)CC4N3)C2)CC1. The number of carbonyl (C=O) groups excluding carboxylic acids is 1. The summed E-state index contributed by atoms with van der Waals surface area (Å²) in [5.74, 6) is 2.17. The highest BCUT2D eigenvalue weighted by Crippen LogP contribution is 2.33. The highest BCUT2D eigenvalue weighted by molar-refractivity contribution is 5.98. The van der Waals surface area contributed by atoms with Crippen LogP contribution in [-0.4, -0.2) is 109 Å². The molecule has 4 heterocycles. The number of amides is 1. The topological polar surface area (TPSA) is 109 Å². The van der Waals surface area contributed by atoms with E-state index < -0.39 is 12.3 Å². The third-order valence-electron chi connectivity index (χ3n) is 10.1. The highest BCUT2D eigenvalue weighted by Gasteiger charge is 2.42. The standard InChI is InChI=1S/C29H44FN9O/c30-25-26(32-17-33-27(25)34-21-2-1-3-21)20-6-7-22-23(15-20)36-29(35-22)37-24-14-18(8-9-31-24)16-38-10-12-39(13-11-38)28(40)19-4-5-19/h9,17-25,27,34H,1-8,10-16H2,(H2,35,36,37). The number of halogens is 1. The zero-order chi connectivity index (χ0) is 27.1. The highest BCUT2D eigenvalue weighted by atomic mass is 19.1. The van der Waals surface area contributed by atoms with Crippen molar-refractivity contribution in [3.8, 4) is 0 Å². The maximum absolute atomic E-state index is 15.4. The zero-order valence-corrected chi connectivity index (χ0v) is 23.4. The van der Waals surface area contributed by atoms with Crippen LogP contribution in [0.25, 0.3) is 0 Å². The third-order valence-corrected chi connectivity index (χ3v) is 10.1. The summed E-state index contributed by atoms with van der Waals surface area (Å²) in [7, 11) is 0. The van der Waals surface area contributed by atoms with Gasteiger partial charge in [-0.25, -0.2) is 14.4 Å². The van der Waals surface area contributed by atoms with Crippen LogP contribution < -0.4 is 16.0 Å². The Morgan fingerprint density at radius 1 is 1.02 bits per heavy atom. The van der Waals surface area contributed by atoms with Crippen molar-refractivity contribution >= 4 is 30.1 Å². The molecule has 218 valence electrons. The average molecular weight is 554 g/mol. The molecule has 0 spiro atoms. The van der Waals surface area contributed by atoms with Gasteiger partial charge >= 0.3 is 0 Å². The smallest absolute Gasteiger partial charge is 0.225 e. The molecule has 0 bridgehead atoms. The molecule has 11 heteroatoms. The Morgan fingerprint density at radius 2 is 1.85 bits per heavy atom. The summed E-state index contributed by atoms with van der Waals surface area (Å²) in [5, 5.41) is 10.6. The monoisotopic (exact) mass is 553 g/mol. The maximum Gasteiger partial charge on any atom is 0.225 e. The van der Waals surface area contributed by atoms with Crippen LogP contribution in [0.4, 0.5) is 4.39 Å². The number of fused-ring (bicyclic) bond motifs is 1. The maximum atomic E-state index is 15.4. The van der Waals surface area contributed by atoms with Gasteiger partial charge in [0.15, 0.2) is 12.1 Å². The minimum atomic E-state index is -1.15. The molecule has 3 aliphatic carbocycles. The first-order chi connectivity index (χ1) is 19.6. The van der Waals surface area contributed by atoms with E-state index in [0.717, 1.165) is 96.5 Å². The Bertz CT molecular complexity index is 1060. The molecule has 7 unspecified atom stereocenters. The van der Waals surface area contributed by atoms with Crippen LogP contribution in [0, 0.1) is 17.8 Å². The van der Waals surface area contributed by atoms with E-state index in [2.05, 4.69) is 35.7 Å². The van der Waals surface area contributed by atoms with Crippen molar-refractivity contribution in [2.24, 2.45) is 37.7 Å². The van der Waals surface area contributed by atoms with E-state index in [9.17, 15) is 4.79 Å². The predicted molar refractivity (Wildman–Crippen MR) is 155 cm³/mol. The first-order valence-electron chi connectivity index (χ1n) is 15.7. The molecule has 7 atom stereocenters. The van der Waals surface area contributed by atoms with Gasteiger partial charge in [0.2, 0.25) is 5.91 Å². The molecule has 3 saturated carbocycles. The molecule has 0 radical (unpaired) electrons. The van der Waals surface area contributed by atoms with Crippen LogP contribution in [0.2, 0.25) is 0 Å². The van der Waals surface area contributed by atoms with Gasteiger partial charge in [0.1, 0.15) is 18.7 Å². The van der Waals surface area contributed by atoms with Crippen molar-refractivity contribution in [1.29, 1.82) is 0 Å². The van der Waals surface area contributed by atoms with Crippen molar-refractivity contribution in [1.82, 2.24) is 25.8 Å². The molecular weight excluding hydrogens is 509 g/mol. The Hall–Kier alpha value is -2.40. The average Bonchev–Trinajstić information content (AvgIpc) is 3.71. The number of guanidine groups is 1. The van der Waals surface area contributed by atoms with Crippen molar-refractivity contribution in [3.05, 3.63) is 0 Å². The number of hydrogen-bond donors (Lipinski definition) is 3. The number of rotatable bonds is 7. The summed E-state index contributed by atoms with van der Waals surface area (Å²) < 4.78 is 15.4. The lowest BCUT2D eigenvalue weighted by atomic mass is 9.78. The van der Waals surface area contributed by atoms with Gasteiger partial charge in [0, 0.05) is 68.9 Å². The molecule has 7 rings (SSSR count). The van der Waals surface area contributed by atoms with E-state index in [4.69, 9.17) is 9.98 Å². The van der Waals surface area contributed by atoms with Gasteiger partial charge in [-0.05, 0) is 63.7 Å². The number of nitrogens with zero attached hydrogens (tertiary/aromatic N) is 6. The van der Waals surface area contributed by atoms with Gasteiger partial charge in [-0.15, -0.1) is 0 Å². The van der Waals surface area contributed by atoms with Crippen LogP contribution >= 0.6 is 0 Å². The number of hydrogen-bond acceptors (Lipinski definition) is 7. The fourth-order valence-electron chi connectivity index (χ4n) is 7.27. The number of aliphatic imine (C=N–C) groups is 4. The van der Waals surface area contributed by atoms with E-state index in [1.54, 1.807) is 6.34 Å². The van der Waals surface area contributed by atoms with Crippen LogP contribution in [0.5, 0.6) is 0 Å². The van der Waals surface area contributed by atoms with Gasteiger partial charge in [-0.3, -0.25) is 25.0 Å². The second-order valence-electron chi connectivity index (χ2n) is 13.0. The van der Waals surface area contributed by atoms with Crippen molar-refractivity contribution in [3.63, 3.8) is 0 Å². The first-order valence-corrected chi connectivity index (χ1v) is 15.7. The zero-order valence-electron chi connectivity index (χ0n) is 23.4. The fourth-order valence-corrected chi connectivity index (χ4v) is 7.27. The van der Waals surface area contributed by atoms with Crippen molar-refractivity contribution < 1.29 is 9.18 Å². The van der Waals surface area contributed by atoms with E-state index >= 15 is 4.39 Å². The lowest BCUT2D eigenvalue weighted by Gasteiger charge is -2.37. The molecule has 1 amide bonds. The van der Waals surface area contributed by atoms with Gasteiger partial charge in [-0.2, -0.15) is 0 Å². The molecule has 0 aromatic heterocycles. The third kappa shape index (κ3) is 5.82. The van der Waals surface area contributed by atoms with Crippen molar-refractivity contribution in [2.75, 3.05) is 32.7 Å². The molecule has 0 aromatic carbocycles. The largest absolute Gasteiger partial charge is 0.352 e. The Morgan fingerprint density at radius 3 is 2.62 bits per heavy atom. The summed E-state index contributed by atoms with van der Waals surface area (Å²) >= 11 is 0. The number of nitrogens with one attached hydrogen (secondary N) is 3. The fraction of sp³-hybridized carbons (Fsp3) is 0.828. The summed E-state index contributed by atoms with van der Waals surface area (Å²) in [6.07, 6.45) is 12.2. The molecule has 40 heavy (non-hydrogen) atoms. The molecular formula is C29H44FN9O. The molecule has 3 N–H and O–H groups in total. The quantitative estimate of drug-likeness (QED) is 0.445. The molecule has 0 aromatic rings. The lowest BCUT2D eigenvalue weighted by Crippen LogP contribution is -2.52. The van der Waals surface area contributed by atoms with Crippen LogP contribution in [0.3, 0.4) is 0 Å². The Kier molecular flexibility index (Phi) is 7.60. The molecule has 7 aliphatic rings. The van der Waals surface area contributed by atoms with Crippen LogP contribution in [0.1, 0.15) is 64.2 Å². The first kappa shape index (κ1) is 26.5. The predicted octanol–water partition coefficient (Wildman–Crippen LogP) is 1.72. The lowest BCUT2D eigenvalue weighted by molar-refractivity contribution is -0.134. The number of carbonyl (C=O) groups is 1. The molecule has 2 saturated heterocycles. The summed E-state index contributed by atoms with van der Waals surface area (Å²) in [5.41, 5.74) is 0.662. The van der Waals surface area contributed by atoms with E-state index in [0.29, 0.717) is 35.5 Å². The van der Waals surface area contributed by atoms with Gasteiger partial charge in [0.25, 0.3) is 0 Å².